The standard InChI is InChI=1S/C20H18N4O4S/c1-28-22-20(27)18(25)15(12-13-8-4-2-5-9-13)21-19(26)17-16(23-29-24-17)14-10-6-3-7-11-14/h2-11,15H,12H2,1H3,(H,21,26)(H,22,27). The molecule has 1 aromatic heterocycles. The first-order chi connectivity index (χ1) is 14.1. The number of carbonyl (C=O) groups is 3. The van der Waals surface area contributed by atoms with E-state index in [-0.39, 0.29) is 12.1 Å². The lowest BCUT2D eigenvalue weighted by molar-refractivity contribution is -0.145. The van der Waals surface area contributed by atoms with Gasteiger partial charge in [-0.1, -0.05) is 60.7 Å². The van der Waals surface area contributed by atoms with Gasteiger partial charge in [0, 0.05) is 12.0 Å². The van der Waals surface area contributed by atoms with E-state index in [1.54, 1.807) is 12.1 Å². The number of hydroxylamine groups is 1. The maximum absolute atomic E-state index is 12.9. The van der Waals surface area contributed by atoms with Crippen LogP contribution in [-0.2, 0) is 20.8 Å². The summed E-state index contributed by atoms with van der Waals surface area (Å²) in [6.07, 6.45) is 0.140. The van der Waals surface area contributed by atoms with Gasteiger partial charge in [0.05, 0.1) is 18.8 Å². The Labute approximate surface area is 171 Å². The molecule has 2 amide bonds. The molecule has 0 saturated carbocycles. The predicted molar refractivity (Wildman–Crippen MR) is 107 cm³/mol. The Hall–Kier alpha value is -3.43. The fourth-order valence-electron chi connectivity index (χ4n) is 2.71. The van der Waals surface area contributed by atoms with E-state index in [1.165, 1.54) is 7.11 Å². The first-order valence-electron chi connectivity index (χ1n) is 8.70. The van der Waals surface area contributed by atoms with Gasteiger partial charge in [0.25, 0.3) is 5.91 Å². The minimum Gasteiger partial charge on any atom is -0.340 e. The van der Waals surface area contributed by atoms with Crippen LogP contribution in [-0.4, -0.2) is 39.5 Å². The van der Waals surface area contributed by atoms with Gasteiger partial charge in [-0.3, -0.25) is 19.2 Å². The van der Waals surface area contributed by atoms with Crippen LogP contribution in [0.2, 0.25) is 0 Å². The zero-order valence-electron chi connectivity index (χ0n) is 15.5. The summed E-state index contributed by atoms with van der Waals surface area (Å²) in [7, 11) is 1.23. The average Bonchev–Trinajstić information content (AvgIpc) is 3.24. The fraction of sp³-hybridized carbons (Fsp3) is 0.150. The normalized spacial score (nSPS) is 11.5. The largest absolute Gasteiger partial charge is 0.340 e. The molecule has 0 aliphatic rings. The summed E-state index contributed by atoms with van der Waals surface area (Å²) in [4.78, 5) is 41.9. The fourth-order valence-corrected chi connectivity index (χ4v) is 3.28. The molecule has 148 valence electrons. The second-order valence-corrected chi connectivity index (χ2v) is 6.57. The number of hydrogen-bond donors (Lipinski definition) is 2. The predicted octanol–water partition coefficient (Wildman–Crippen LogP) is 1.79. The highest BCUT2D eigenvalue weighted by atomic mass is 32.1. The van der Waals surface area contributed by atoms with Gasteiger partial charge in [-0.15, -0.1) is 0 Å². The van der Waals surface area contributed by atoms with Crippen LogP contribution in [0.1, 0.15) is 16.1 Å². The maximum Gasteiger partial charge on any atom is 0.313 e. The van der Waals surface area contributed by atoms with E-state index in [9.17, 15) is 14.4 Å². The number of nitrogens with one attached hydrogen (secondary N) is 2. The highest BCUT2D eigenvalue weighted by Gasteiger charge is 2.29. The van der Waals surface area contributed by atoms with E-state index in [1.807, 2.05) is 54.0 Å². The summed E-state index contributed by atoms with van der Waals surface area (Å²) in [6, 6.07) is 17.1. The Morgan fingerprint density at radius 3 is 2.31 bits per heavy atom. The molecule has 29 heavy (non-hydrogen) atoms. The average molecular weight is 410 g/mol. The van der Waals surface area contributed by atoms with Crippen molar-refractivity contribution in [3.8, 4) is 11.3 Å². The zero-order chi connectivity index (χ0) is 20.6. The summed E-state index contributed by atoms with van der Waals surface area (Å²) in [5, 5.41) is 2.62. The molecule has 1 atom stereocenters. The van der Waals surface area contributed by atoms with Crippen LogP contribution in [0.3, 0.4) is 0 Å². The lowest BCUT2D eigenvalue weighted by Crippen LogP contribution is -2.48. The molecule has 3 aromatic rings. The number of rotatable bonds is 8. The first-order valence-corrected chi connectivity index (χ1v) is 9.43. The van der Waals surface area contributed by atoms with Crippen LogP contribution in [0.4, 0.5) is 0 Å². The molecule has 0 fully saturated rings. The van der Waals surface area contributed by atoms with Gasteiger partial charge in [-0.2, -0.15) is 8.75 Å². The third-order valence-electron chi connectivity index (χ3n) is 4.07. The zero-order valence-corrected chi connectivity index (χ0v) is 16.3. The number of aromatic nitrogens is 2. The summed E-state index contributed by atoms with van der Waals surface area (Å²) < 4.78 is 8.27. The molecule has 1 heterocycles. The third kappa shape index (κ3) is 5.09. The molecule has 9 heteroatoms. The second kappa shape index (κ2) is 9.67. The first kappa shape index (κ1) is 20.3. The van der Waals surface area contributed by atoms with Gasteiger partial charge in [-0.25, -0.2) is 5.48 Å². The number of carbonyl (C=O) groups excluding carboxylic acids is 3. The van der Waals surface area contributed by atoms with Crippen molar-refractivity contribution in [3.63, 3.8) is 0 Å². The molecule has 0 bridgehead atoms. The molecule has 0 saturated heterocycles. The smallest absolute Gasteiger partial charge is 0.313 e. The van der Waals surface area contributed by atoms with Crippen LogP contribution in [0.25, 0.3) is 11.3 Å². The third-order valence-corrected chi connectivity index (χ3v) is 4.60. The molecular formula is C20H18N4O4S. The van der Waals surface area contributed by atoms with Crippen LogP contribution in [0, 0.1) is 0 Å². The van der Waals surface area contributed by atoms with Crippen molar-refractivity contribution in [2.75, 3.05) is 7.11 Å². The van der Waals surface area contributed by atoms with Gasteiger partial charge >= 0.3 is 5.91 Å². The van der Waals surface area contributed by atoms with E-state index < -0.39 is 23.6 Å². The SMILES string of the molecule is CONC(=O)C(=O)C(Cc1ccccc1)NC(=O)c1nsnc1-c1ccccc1. The van der Waals surface area contributed by atoms with Crippen molar-refractivity contribution < 1.29 is 19.2 Å². The maximum atomic E-state index is 12.9. The van der Waals surface area contributed by atoms with E-state index in [0.29, 0.717) is 5.69 Å². The van der Waals surface area contributed by atoms with Crippen molar-refractivity contribution >= 4 is 29.3 Å². The minimum absolute atomic E-state index is 0.0965. The summed E-state index contributed by atoms with van der Waals surface area (Å²) in [6.45, 7) is 0. The molecule has 0 radical (unpaired) electrons. The molecule has 0 aliphatic carbocycles. The molecule has 0 aliphatic heterocycles. The second-order valence-electron chi connectivity index (χ2n) is 6.04. The highest BCUT2D eigenvalue weighted by Crippen LogP contribution is 2.21. The van der Waals surface area contributed by atoms with Crippen LogP contribution >= 0.6 is 11.7 Å². The molecule has 0 spiro atoms. The number of hydrogen-bond acceptors (Lipinski definition) is 7. The van der Waals surface area contributed by atoms with Gasteiger partial charge < -0.3 is 5.32 Å². The molecule has 2 aromatic carbocycles. The lowest BCUT2D eigenvalue weighted by atomic mass is 10.0. The lowest BCUT2D eigenvalue weighted by Gasteiger charge is -2.17. The van der Waals surface area contributed by atoms with Crippen molar-refractivity contribution in [2.24, 2.45) is 0 Å². The Balaban J connectivity index is 1.84. The van der Waals surface area contributed by atoms with Crippen LogP contribution in [0.5, 0.6) is 0 Å². The number of nitrogens with zero attached hydrogens (tertiary/aromatic N) is 2. The number of Topliss-reactive ketones (excluding diaryl/α,β-unsaturated/α-hetero) is 1. The van der Waals surface area contributed by atoms with E-state index in [4.69, 9.17) is 0 Å². The Morgan fingerprint density at radius 2 is 1.66 bits per heavy atom. The van der Waals surface area contributed by atoms with Crippen LogP contribution < -0.4 is 10.8 Å². The van der Waals surface area contributed by atoms with E-state index in [2.05, 4.69) is 18.9 Å². The Kier molecular flexibility index (Phi) is 6.77. The van der Waals surface area contributed by atoms with Gasteiger partial charge in [0.1, 0.15) is 11.7 Å². The van der Waals surface area contributed by atoms with Crippen molar-refractivity contribution in [3.05, 3.63) is 71.9 Å². The van der Waals surface area contributed by atoms with Crippen molar-refractivity contribution in [1.29, 1.82) is 0 Å². The molecule has 8 nitrogen and oxygen atoms in total. The molecular weight excluding hydrogens is 392 g/mol. The van der Waals surface area contributed by atoms with Gasteiger partial charge in [0.15, 0.2) is 5.69 Å². The Bertz CT molecular complexity index is 992. The summed E-state index contributed by atoms with van der Waals surface area (Å²) >= 11 is 0.898. The number of ketones is 1. The topological polar surface area (TPSA) is 110 Å². The number of benzene rings is 2. The highest BCUT2D eigenvalue weighted by molar-refractivity contribution is 6.99. The van der Waals surface area contributed by atoms with Crippen molar-refractivity contribution in [2.45, 2.75) is 12.5 Å². The van der Waals surface area contributed by atoms with Crippen molar-refractivity contribution in [1.82, 2.24) is 19.5 Å². The van der Waals surface area contributed by atoms with Crippen LogP contribution in [0.15, 0.2) is 60.7 Å². The minimum atomic E-state index is -1.09. The van der Waals surface area contributed by atoms with Gasteiger partial charge in [0.2, 0.25) is 5.78 Å². The molecule has 1 unspecified atom stereocenters. The monoisotopic (exact) mass is 410 g/mol. The summed E-state index contributed by atoms with van der Waals surface area (Å²) in [5.74, 6) is -2.36. The van der Waals surface area contributed by atoms with Gasteiger partial charge in [-0.05, 0) is 5.56 Å². The molecule has 2 N–H and O–H groups in total. The quantitative estimate of drug-likeness (QED) is 0.433. The Morgan fingerprint density at radius 1 is 1.00 bits per heavy atom. The van der Waals surface area contributed by atoms with E-state index in [0.717, 1.165) is 22.9 Å². The molecule has 3 rings (SSSR count). The van der Waals surface area contributed by atoms with E-state index >= 15 is 0 Å². The summed E-state index contributed by atoms with van der Waals surface area (Å²) in [5.41, 5.74) is 4.02. The number of amides is 2.